The van der Waals surface area contributed by atoms with E-state index < -0.39 is 16.4 Å². The van der Waals surface area contributed by atoms with Crippen LogP contribution in [-0.2, 0) is 0 Å². The third kappa shape index (κ3) is 3.02. The number of hydrogen-bond acceptors (Lipinski definition) is 5. The van der Waals surface area contributed by atoms with E-state index in [9.17, 15) is 15.2 Å². The van der Waals surface area contributed by atoms with Crippen molar-refractivity contribution in [2.75, 3.05) is 0 Å². The Labute approximate surface area is 146 Å². The molecule has 1 aromatic heterocycles. The summed E-state index contributed by atoms with van der Waals surface area (Å²) >= 11 is 12.0. The Balaban J connectivity index is 2.10. The number of fused-ring (bicyclic) bond motifs is 1. The summed E-state index contributed by atoms with van der Waals surface area (Å²) in [7, 11) is 0. The molecule has 8 heteroatoms. The zero-order valence-corrected chi connectivity index (χ0v) is 13.5. The van der Waals surface area contributed by atoms with Crippen LogP contribution in [0.2, 0.25) is 10.0 Å². The minimum Gasteiger partial charge on any atom is -0.502 e. The summed E-state index contributed by atoms with van der Waals surface area (Å²) in [6, 6.07) is 9.38. The molecule has 6 nitrogen and oxygen atoms in total. The van der Waals surface area contributed by atoms with Gasteiger partial charge in [0, 0.05) is 34.5 Å². The van der Waals surface area contributed by atoms with Crippen LogP contribution in [0.3, 0.4) is 0 Å². The first-order valence-corrected chi connectivity index (χ1v) is 7.47. The van der Waals surface area contributed by atoms with Gasteiger partial charge in [0.1, 0.15) is 0 Å². The first-order valence-electron chi connectivity index (χ1n) is 6.71. The van der Waals surface area contributed by atoms with Crippen molar-refractivity contribution in [3.63, 3.8) is 0 Å². The average Bonchev–Trinajstić information content (AvgIpc) is 2.57. The molecule has 1 heterocycles. The van der Waals surface area contributed by atoms with E-state index in [2.05, 4.69) is 9.98 Å². The Morgan fingerprint density at radius 3 is 2.79 bits per heavy atom. The number of nitro benzene ring substituents is 1. The molecule has 0 bridgehead atoms. The fourth-order valence-corrected chi connectivity index (χ4v) is 2.65. The van der Waals surface area contributed by atoms with Crippen molar-refractivity contribution in [3.8, 4) is 5.75 Å². The number of nitrogens with zero attached hydrogens (tertiary/aromatic N) is 3. The molecule has 0 aliphatic heterocycles. The van der Waals surface area contributed by atoms with Crippen molar-refractivity contribution in [3.05, 3.63) is 68.3 Å². The molecule has 0 radical (unpaired) electrons. The molecule has 120 valence electrons. The van der Waals surface area contributed by atoms with Crippen LogP contribution in [0, 0.1) is 10.1 Å². The fraction of sp³-hybridized carbons (Fsp3) is 0. The predicted octanol–water partition coefficient (Wildman–Crippen LogP) is 4.91. The van der Waals surface area contributed by atoms with Gasteiger partial charge in [-0.1, -0.05) is 23.2 Å². The molecule has 0 atom stereocenters. The quantitative estimate of drug-likeness (QED) is 0.407. The molecule has 0 aliphatic rings. The smallest absolute Gasteiger partial charge is 0.312 e. The topological polar surface area (TPSA) is 88.6 Å². The lowest BCUT2D eigenvalue weighted by molar-refractivity contribution is -0.385. The summed E-state index contributed by atoms with van der Waals surface area (Å²) in [5, 5.41) is 22.3. The zero-order valence-electron chi connectivity index (χ0n) is 12.0. The van der Waals surface area contributed by atoms with E-state index in [-0.39, 0.29) is 10.6 Å². The largest absolute Gasteiger partial charge is 0.502 e. The summed E-state index contributed by atoms with van der Waals surface area (Å²) in [5.41, 5.74) is 0.812. The van der Waals surface area contributed by atoms with Gasteiger partial charge in [-0.25, -0.2) is 0 Å². The van der Waals surface area contributed by atoms with Gasteiger partial charge in [0.25, 0.3) is 0 Å². The molecule has 0 spiro atoms. The number of rotatable bonds is 3. The molecule has 3 rings (SSSR count). The summed E-state index contributed by atoms with van der Waals surface area (Å²) in [4.78, 5) is 18.7. The van der Waals surface area contributed by atoms with Crippen molar-refractivity contribution in [1.82, 2.24) is 4.98 Å². The van der Waals surface area contributed by atoms with Crippen LogP contribution >= 0.6 is 23.2 Å². The normalized spacial score (nSPS) is 11.2. The van der Waals surface area contributed by atoms with Gasteiger partial charge in [-0.15, -0.1) is 0 Å². The minimum atomic E-state index is -0.708. The summed E-state index contributed by atoms with van der Waals surface area (Å²) < 4.78 is 0. The lowest BCUT2D eigenvalue weighted by Gasteiger charge is -2.04. The molecular formula is C16H9Cl2N3O3. The van der Waals surface area contributed by atoms with Crippen molar-refractivity contribution in [2.45, 2.75) is 0 Å². The number of benzene rings is 2. The Bertz CT molecular complexity index is 990. The summed E-state index contributed by atoms with van der Waals surface area (Å²) in [6.07, 6.45) is 2.93. The molecule has 0 fully saturated rings. The van der Waals surface area contributed by atoms with Crippen molar-refractivity contribution < 1.29 is 10.0 Å². The number of hydrogen-bond donors (Lipinski definition) is 1. The van der Waals surface area contributed by atoms with Crippen LogP contribution in [0.1, 0.15) is 5.56 Å². The second kappa shape index (κ2) is 6.43. The molecular weight excluding hydrogens is 353 g/mol. The zero-order chi connectivity index (χ0) is 17.3. The van der Waals surface area contributed by atoms with E-state index >= 15 is 0 Å². The van der Waals surface area contributed by atoms with Gasteiger partial charge >= 0.3 is 5.69 Å². The lowest BCUT2D eigenvalue weighted by atomic mass is 10.1. The Morgan fingerprint density at radius 1 is 1.25 bits per heavy atom. The minimum absolute atomic E-state index is 0.128. The predicted molar refractivity (Wildman–Crippen MR) is 93.8 cm³/mol. The summed E-state index contributed by atoms with van der Waals surface area (Å²) in [6.45, 7) is 0. The van der Waals surface area contributed by atoms with Crippen LogP contribution in [0.25, 0.3) is 10.9 Å². The van der Waals surface area contributed by atoms with Crippen LogP contribution in [0.5, 0.6) is 5.75 Å². The van der Waals surface area contributed by atoms with Crippen molar-refractivity contribution >= 4 is 51.7 Å². The van der Waals surface area contributed by atoms with Crippen LogP contribution in [0.4, 0.5) is 11.4 Å². The number of phenols is 1. The first kappa shape index (κ1) is 16.2. The molecule has 2 aromatic carbocycles. The van der Waals surface area contributed by atoms with E-state index in [1.54, 1.807) is 30.5 Å². The lowest BCUT2D eigenvalue weighted by Crippen LogP contribution is -1.92. The van der Waals surface area contributed by atoms with Crippen LogP contribution in [-0.4, -0.2) is 21.2 Å². The van der Waals surface area contributed by atoms with E-state index in [0.29, 0.717) is 16.2 Å². The number of aromatic hydroxyl groups is 1. The van der Waals surface area contributed by atoms with Gasteiger partial charge in [0.2, 0.25) is 5.75 Å². The maximum atomic E-state index is 10.9. The highest BCUT2D eigenvalue weighted by molar-refractivity contribution is 6.35. The molecule has 0 saturated carbocycles. The van der Waals surface area contributed by atoms with E-state index in [1.165, 1.54) is 12.3 Å². The molecule has 0 amide bonds. The highest BCUT2D eigenvalue weighted by Gasteiger charge is 2.17. The third-order valence-electron chi connectivity index (χ3n) is 3.32. The van der Waals surface area contributed by atoms with Crippen LogP contribution in [0.15, 0.2) is 47.6 Å². The first-order chi connectivity index (χ1) is 11.5. The van der Waals surface area contributed by atoms with Gasteiger partial charge in [-0.3, -0.25) is 20.1 Å². The number of nitro groups is 1. The molecule has 24 heavy (non-hydrogen) atoms. The highest BCUT2D eigenvalue weighted by atomic mass is 35.5. The van der Waals surface area contributed by atoms with Crippen molar-refractivity contribution in [1.29, 1.82) is 0 Å². The molecule has 0 aliphatic carbocycles. The van der Waals surface area contributed by atoms with Crippen molar-refractivity contribution in [2.24, 2.45) is 4.99 Å². The van der Waals surface area contributed by atoms with E-state index in [0.717, 1.165) is 11.5 Å². The van der Waals surface area contributed by atoms with Gasteiger partial charge < -0.3 is 5.11 Å². The Morgan fingerprint density at radius 2 is 2.04 bits per heavy atom. The fourth-order valence-electron chi connectivity index (χ4n) is 2.22. The molecule has 0 unspecified atom stereocenters. The maximum Gasteiger partial charge on any atom is 0.312 e. The number of pyridine rings is 1. The van der Waals surface area contributed by atoms with E-state index in [4.69, 9.17) is 23.2 Å². The second-order valence-corrected chi connectivity index (χ2v) is 5.69. The van der Waals surface area contributed by atoms with Gasteiger partial charge in [-0.05, 0) is 30.3 Å². The third-order valence-corrected chi connectivity index (χ3v) is 3.84. The second-order valence-electron chi connectivity index (χ2n) is 4.84. The standard InChI is InChI=1S/C16H9Cl2N3O3/c17-10-6-9(16(22)14(7-10)21(23)24)8-20-13-4-3-12(18)15-11(13)2-1-5-19-15/h1-8,22H. The SMILES string of the molecule is O=[N+]([O-])c1cc(Cl)cc(C=Nc2ccc(Cl)c3ncccc23)c1O. The molecule has 3 aromatic rings. The summed E-state index contributed by atoms with van der Waals surface area (Å²) in [5.74, 6) is -0.496. The monoisotopic (exact) mass is 361 g/mol. The number of aliphatic imine (C=N–C) groups is 1. The molecule has 0 saturated heterocycles. The van der Waals surface area contributed by atoms with Gasteiger partial charge in [0.05, 0.1) is 21.2 Å². The Hall–Kier alpha value is -2.70. The number of phenolic OH excluding ortho intramolecular Hbond substituents is 1. The maximum absolute atomic E-state index is 10.9. The molecule has 1 N–H and O–H groups in total. The van der Waals surface area contributed by atoms with E-state index in [1.807, 2.05) is 0 Å². The Kier molecular flexibility index (Phi) is 4.33. The highest BCUT2D eigenvalue weighted by Crippen LogP contribution is 2.34. The van der Waals surface area contributed by atoms with Gasteiger partial charge in [0.15, 0.2) is 0 Å². The number of halogens is 2. The number of aromatic nitrogens is 1. The average molecular weight is 362 g/mol. The van der Waals surface area contributed by atoms with Gasteiger partial charge in [-0.2, -0.15) is 0 Å². The van der Waals surface area contributed by atoms with Crippen LogP contribution < -0.4 is 0 Å².